The van der Waals surface area contributed by atoms with Gasteiger partial charge in [-0.25, -0.2) is 0 Å². The smallest absolute Gasteiger partial charge is 0.0868 e. The molecule has 0 spiro atoms. The molecule has 0 aliphatic rings. The molecule has 0 N–H and O–H groups in total. The van der Waals surface area contributed by atoms with Crippen LogP contribution in [0.2, 0.25) is 0 Å². The first-order valence-electron chi connectivity index (χ1n) is 6.57. The minimum atomic E-state index is 0.853. The fourth-order valence-electron chi connectivity index (χ4n) is 1.82. The van der Waals surface area contributed by atoms with Gasteiger partial charge in [0.15, 0.2) is 0 Å². The van der Waals surface area contributed by atoms with E-state index in [0.29, 0.717) is 0 Å². The zero-order chi connectivity index (χ0) is 14.5. The first-order chi connectivity index (χ1) is 9.60. The normalized spacial score (nSPS) is 11.0. The molecule has 0 saturated carbocycles. The van der Waals surface area contributed by atoms with Crippen molar-refractivity contribution < 1.29 is 0 Å². The van der Waals surface area contributed by atoms with Crippen LogP contribution in [0.5, 0.6) is 0 Å². The third kappa shape index (κ3) is 3.67. The fraction of sp³-hybridized carbons (Fsp3) is 0.250. The number of hydrogen-bond acceptors (Lipinski definition) is 3. The van der Waals surface area contributed by atoms with Crippen molar-refractivity contribution in [1.82, 2.24) is 0 Å². The van der Waals surface area contributed by atoms with E-state index < -0.39 is 0 Å². The monoisotopic (exact) mass is 331 g/mol. The molecule has 0 aliphatic heterocycles. The molecule has 0 aliphatic carbocycles. The van der Waals surface area contributed by atoms with E-state index in [1.54, 1.807) is 0 Å². The quantitative estimate of drug-likeness (QED) is 0.680. The Morgan fingerprint density at radius 3 is 2.10 bits per heavy atom. The zero-order valence-electron chi connectivity index (χ0n) is 12.0. The molecule has 2 aromatic rings. The minimum Gasteiger partial charge on any atom is -0.378 e. The van der Waals surface area contributed by atoms with Gasteiger partial charge < -0.3 is 4.90 Å². The summed E-state index contributed by atoms with van der Waals surface area (Å²) in [5.41, 5.74) is 4.13. The van der Waals surface area contributed by atoms with Gasteiger partial charge in [0.05, 0.1) is 11.4 Å². The van der Waals surface area contributed by atoms with Gasteiger partial charge in [0.1, 0.15) is 0 Å². The van der Waals surface area contributed by atoms with Gasteiger partial charge in [-0.2, -0.15) is 10.2 Å². The average Bonchev–Trinajstić information content (AvgIpc) is 2.45. The van der Waals surface area contributed by atoms with Gasteiger partial charge >= 0.3 is 0 Å². The summed E-state index contributed by atoms with van der Waals surface area (Å²) < 4.78 is 1.08. The van der Waals surface area contributed by atoms with Crippen LogP contribution in [-0.2, 0) is 6.42 Å². The predicted molar refractivity (Wildman–Crippen MR) is 88.5 cm³/mol. The summed E-state index contributed by atoms with van der Waals surface area (Å²) in [7, 11) is 4.03. The lowest BCUT2D eigenvalue weighted by atomic mass is 10.1. The molecule has 0 atom stereocenters. The molecule has 0 amide bonds. The van der Waals surface area contributed by atoms with Crippen LogP contribution in [0.25, 0.3) is 0 Å². The Bertz CT molecular complexity index is 604. The van der Waals surface area contributed by atoms with Gasteiger partial charge in [-0.1, -0.05) is 28.9 Å². The van der Waals surface area contributed by atoms with Crippen molar-refractivity contribution in [3.8, 4) is 0 Å². The van der Waals surface area contributed by atoms with Crippen LogP contribution in [0, 0.1) is 0 Å². The van der Waals surface area contributed by atoms with Crippen LogP contribution >= 0.6 is 15.9 Å². The fourth-order valence-corrected chi connectivity index (χ4v) is 2.47. The summed E-state index contributed by atoms with van der Waals surface area (Å²) in [5, 5.41) is 8.53. The van der Waals surface area contributed by atoms with Crippen LogP contribution in [0.3, 0.4) is 0 Å². The highest BCUT2D eigenvalue weighted by Crippen LogP contribution is 2.26. The van der Waals surface area contributed by atoms with Crippen molar-refractivity contribution in [3.05, 3.63) is 52.5 Å². The summed E-state index contributed by atoms with van der Waals surface area (Å²) in [6, 6.07) is 14.1. The number of aryl methyl sites for hydroxylation is 1. The Hall–Kier alpha value is -1.68. The summed E-state index contributed by atoms with van der Waals surface area (Å²) in [4.78, 5) is 2.06. The van der Waals surface area contributed by atoms with E-state index in [4.69, 9.17) is 0 Å². The number of anilines is 1. The molecule has 104 valence electrons. The van der Waals surface area contributed by atoms with Crippen molar-refractivity contribution in [3.63, 3.8) is 0 Å². The van der Waals surface area contributed by atoms with Crippen LogP contribution in [0.4, 0.5) is 17.1 Å². The van der Waals surface area contributed by atoms with Gasteiger partial charge in [0.25, 0.3) is 0 Å². The number of benzene rings is 2. The highest BCUT2D eigenvalue weighted by atomic mass is 79.9. The largest absolute Gasteiger partial charge is 0.378 e. The molecule has 0 saturated heterocycles. The summed E-state index contributed by atoms with van der Waals surface area (Å²) >= 11 is 3.55. The van der Waals surface area contributed by atoms with E-state index in [2.05, 4.69) is 44.0 Å². The second kappa shape index (κ2) is 6.66. The molecule has 0 fully saturated rings. The molecule has 4 heteroatoms. The van der Waals surface area contributed by atoms with Crippen LogP contribution < -0.4 is 4.90 Å². The molecule has 2 rings (SSSR count). The second-order valence-corrected chi connectivity index (χ2v) is 5.59. The maximum atomic E-state index is 4.27. The summed E-state index contributed by atoms with van der Waals surface area (Å²) in [5.74, 6) is 0. The third-order valence-electron chi connectivity index (χ3n) is 3.06. The van der Waals surface area contributed by atoms with E-state index in [0.717, 1.165) is 28.0 Å². The maximum absolute atomic E-state index is 4.27. The molecule has 0 unspecified atom stereocenters. The predicted octanol–water partition coefficient (Wildman–Crippen LogP) is 5.49. The summed E-state index contributed by atoms with van der Waals surface area (Å²) in [6.07, 6.45) is 1.00. The number of azo groups is 1. The Morgan fingerprint density at radius 2 is 1.55 bits per heavy atom. The SMILES string of the molecule is CCc1ccc(N=Nc2ccc(N(C)C)cc2)cc1Br. The van der Waals surface area contributed by atoms with E-state index in [1.807, 2.05) is 50.5 Å². The first-order valence-corrected chi connectivity index (χ1v) is 7.37. The van der Waals surface area contributed by atoms with Crippen LogP contribution in [0.15, 0.2) is 57.2 Å². The Labute approximate surface area is 128 Å². The molecule has 3 nitrogen and oxygen atoms in total. The van der Waals surface area contributed by atoms with Crippen molar-refractivity contribution in [1.29, 1.82) is 0 Å². The van der Waals surface area contributed by atoms with Gasteiger partial charge in [-0.3, -0.25) is 0 Å². The topological polar surface area (TPSA) is 28.0 Å². The van der Waals surface area contributed by atoms with Crippen molar-refractivity contribution in [2.45, 2.75) is 13.3 Å². The zero-order valence-corrected chi connectivity index (χ0v) is 13.6. The molecular formula is C16H18BrN3. The standard InChI is InChI=1S/C16H18BrN3/c1-4-12-5-6-14(11-16(12)17)19-18-13-7-9-15(10-8-13)20(2)3/h5-11H,4H2,1-3H3. The molecule has 0 bridgehead atoms. The Kier molecular flexibility index (Phi) is 4.90. The lowest BCUT2D eigenvalue weighted by molar-refractivity contribution is 1.12. The molecule has 2 aromatic carbocycles. The highest BCUT2D eigenvalue weighted by Gasteiger charge is 1.99. The lowest BCUT2D eigenvalue weighted by Gasteiger charge is -2.11. The van der Waals surface area contributed by atoms with Crippen molar-refractivity contribution in [2.24, 2.45) is 10.2 Å². The highest BCUT2D eigenvalue weighted by molar-refractivity contribution is 9.10. The lowest BCUT2D eigenvalue weighted by Crippen LogP contribution is -2.07. The van der Waals surface area contributed by atoms with Gasteiger partial charge in [-0.15, -0.1) is 0 Å². The molecular weight excluding hydrogens is 314 g/mol. The van der Waals surface area contributed by atoms with E-state index in [1.165, 1.54) is 5.56 Å². The number of halogens is 1. The van der Waals surface area contributed by atoms with Crippen LogP contribution in [-0.4, -0.2) is 14.1 Å². The summed E-state index contributed by atoms with van der Waals surface area (Å²) in [6.45, 7) is 2.13. The molecule has 0 aromatic heterocycles. The number of nitrogens with zero attached hydrogens (tertiary/aromatic N) is 3. The van der Waals surface area contributed by atoms with E-state index >= 15 is 0 Å². The molecule has 20 heavy (non-hydrogen) atoms. The Morgan fingerprint density at radius 1 is 0.950 bits per heavy atom. The third-order valence-corrected chi connectivity index (χ3v) is 3.80. The number of hydrogen-bond donors (Lipinski definition) is 0. The van der Waals surface area contributed by atoms with Crippen molar-refractivity contribution in [2.75, 3.05) is 19.0 Å². The average molecular weight is 332 g/mol. The van der Waals surface area contributed by atoms with Gasteiger partial charge in [0, 0.05) is 24.3 Å². The minimum absolute atomic E-state index is 0.853. The van der Waals surface area contributed by atoms with E-state index in [-0.39, 0.29) is 0 Å². The van der Waals surface area contributed by atoms with E-state index in [9.17, 15) is 0 Å². The molecule has 0 radical (unpaired) electrons. The number of rotatable bonds is 4. The molecule has 0 heterocycles. The maximum Gasteiger partial charge on any atom is 0.0868 e. The van der Waals surface area contributed by atoms with Gasteiger partial charge in [0.2, 0.25) is 0 Å². The second-order valence-electron chi connectivity index (χ2n) is 4.74. The van der Waals surface area contributed by atoms with Crippen LogP contribution in [0.1, 0.15) is 12.5 Å². The van der Waals surface area contributed by atoms with Crippen molar-refractivity contribution >= 4 is 33.0 Å². The van der Waals surface area contributed by atoms with Gasteiger partial charge in [-0.05, 0) is 48.4 Å². The Balaban J connectivity index is 2.14. The first kappa shape index (κ1) is 14.7.